The van der Waals surface area contributed by atoms with Crippen LogP contribution in [0.4, 0.5) is 0 Å². The predicted octanol–water partition coefficient (Wildman–Crippen LogP) is 11.4. The van der Waals surface area contributed by atoms with Crippen LogP contribution in [0.25, 0.3) is 66.8 Å². The number of hydrogen-bond acceptors (Lipinski definition) is 2. The Hall–Kier alpha value is -6.48. The van der Waals surface area contributed by atoms with E-state index in [1.54, 1.807) is 0 Å². The van der Waals surface area contributed by atoms with Gasteiger partial charge in [0.05, 0.1) is 23.3 Å². The zero-order chi connectivity index (χ0) is 31.3. The van der Waals surface area contributed by atoms with Crippen molar-refractivity contribution in [1.82, 2.24) is 0 Å². The van der Waals surface area contributed by atoms with Crippen molar-refractivity contribution in [3.63, 3.8) is 0 Å². The first-order chi connectivity index (χ1) is 22.7. The van der Waals surface area contributed by atoms with Crippen molar-refractivity contribution in [2.24, 2.45) is 0 Å². The molecule has 7 aromatic rings. The second kappa shape index (κ2) is 12.6. The SMILES string of the molecule is N#Cc1ccc(-c2ccc(-c3cccc(-c4cccc(-c5ccc(-c6cc(C#N)cc(-c7ccccc7)c6)cc5)c4)c3)cc2)cc1. The van der Waals surface area contributed by atoms with Gasteiger partial charge in [-0.3, -0.25) is 0 Å². The summed E-state index contributed by atoms with van der Waals surface area (Å²) in [7, 11) is 0. The maximum Gasteiger partial charge on any atom is 0.0992 e. The van der Waals surface area contributed by atoms with E-state index in [2.05, 4.69) is 127 Å². The summed E-state index contributed by atoms with van der Waals surface area (Å²) in [5.41, 5.74) is 14.7. The van der Waals surface area contributed by atoms with Gasteiger partial charge >= 0.3 is 0 Å². The van der Waals surface area contributed by atoms with E-state index >= 15 is 0 Å². The summed E-state index contributed by atoms with van der Waals surface area (Å²) in [6, 6.07) is 62.9. The molecule has 7 rings (SSSR count). The summed E-state index contributed by atoms with van der Waals surface area (Å²) < 4.78 is 0. The molecule has 0 radical (unpaired) electrons. The second-order valence-corrected chi connectivity index (χ2v) is 11.3. The monoisotopic (exact) mass is 584 g/mol. The lowest BCUT2D eigenvalue weighted by atomic mass is 9.93. The Morgan fingerprint density at radius 2 is 0.543 bits per heavy atom. The van der Waals surface area contributed by atoms with Crippen molar-refractivity contribution in [3.05, 3.63) is 181 Å². The maximum absolute atomic E-state index is 9.69. The molecular formula is C44H28N2. The van der Waals surface area contributed by atoms with Crippen LogP contribution in [0.1, 0.15) is 11.1 Å². The van der Waals surface area contributed by atoms with Crippen LogP contribution < -0.4 is 0 Å². The largest absolute Gasteiger partial charge is 0.192 e. The van der Waals surface area contributed by atoms with Gasteiger partial charge in [0.1, 0.15) is 0 Å². The predicted molar refractivity (Wildman–Crippen MR) is 188 cm³/mol. The van der Waals surface area contributed by atoms with Crippen LogP contribution in [-0.2, 0) is 0 Å². The average molecular weight is 585 g/mol. The lowest BCUT2D eigenvalue weighted by Gasteiger charge is -2.11. The van der Waals surface area contributed by atoms with Gasteiger partial charge in [-0.1, -0.05) is 127 Å². The first kappa shape index (κ1) is 28.3. The zero-order valence-corrected chi connectivity index (χ0v) is 25.1. The normalized spacial score (nSPS) is 10.6. The average Bonchev–Trinajstić information content (AvgIpc) is 3.15. The maximum atomic E-state index is 9.69. The highest BCUT2D eigenvalue weighted by molar-refractivity contribution is 5.80. The van der Waals surface area contributed by atoms with E-state index < -0.39 is 0 Å². The Bertz CT molecular complexity index is 2230. The van der Waals surface area contributed by atoms with Crippen molar-refractivity contribution in [3.8, 4) is 78.9 Å². The molecule has 0 heterocycles. The van der Waals surface area contributed by atoms with E-state index in [1.165, 1.54) is 0 Å². The third kappa shape index (κ3) is 5.97. The van der Waals surface area contributed by atoms with Crippen LogP contribution >= 0.6 is 0 Å². The summed E-state index contributed by atoms with van der Waals surface area (Å²) in [4.78, 5) is 0. The lowest BCUT2D eigenvalue weighted by molar-refractivity contribution is 1.48. The molecule has 0 aliphatic carbocycles. The Labute approximate surface area is 269 Å². The van der Waals surface area contributed by atoms with E-state index in [0.717, 1.165) is 66.8 Å². The minimum Gasteiger partial charge on any atom is -0.192 e. The molecular weight excluding hydrogens is 556 g/mol. The van der Waals surface area contributed by atoms with Gasteiger partial charge in [-0.2, -0.15) is 10.5 Å². The van der Waals surface area contributed by atoms with Gasteiger partial charge in [-0.15, -0.1) is 0 Å². The smallest absolute Gasteiger partial charge is 0.0992 e. The number of hydrogen-bond donors (Lipinski definition) is 0. The van der Waals surface area contributed by atoms with E-state index in [9.17, 15) is 5.26 Å². The minimum atomic E-state index is 0.651. The quantitative estimate of drug-likeness (QED) is 0.195. The molecule has 0 saturated heterocycles. The summed E-state index contributed by atoms with van der Waals surface area (Å²) in [6.07, 6.45) is 0. The molecule has 0 aliphatic heterocycles. The molecule has 0 bridgehead atoms. The molecule has 0 unspecified atom stereocenters. The standard InChI is InChI=1S/C44H28N2/c45-29-31-12-14-34(15-13-31)35-16-18-36(19-17-35)39-8-4-10-41(26-39)42-11-5-9-40(27-42)37-20-22-38(23-21-37)44-25-32(30-46)24-43(28-44)33-6-2-1-3-7-33/h1-28H. The van der Waals surface area contributed by atoms with Gasteiger partial charge in [0.15, 0.2) is 0 Å². The highest BCUT2D eigenvalue weighted by Gasteiger charge is 2.08. The van der Waals surface area contributed by atoms with Crippen molar-refractivity contribution in [2.45, 2.75) is 0 Å². The minimum absolute atomic E-state index is 0.651. The molecule has 46 heavy (non-hydrogen) atoms. The van der Waals surface area contributed by atoms with Crippen LogP contribution in [0.15, 0.2) is 170 Å². The molecule has 0 amide bonds. The fourth-order valence-corrected chi connectivity index (χ4v) is 5.86. The van der Waals surface area contributed by atoms with Gasteiger partial charge in [-0.25, -0.2) is 0 Å². The molecule has 0 fully saturated rings. The summed E-state index contributed by atoms with van der Waals surface area (Å²) in [5, 5.41) is 18.8. The fraction of sp³-hybridized carbons (Fsp3) is 0. The van der Waals surface area contributed by atoms with Crippen LogP contribution in [0.2, 0.25) is 0 Å². The van der Waals surface area contributed by atoms with Crippen molar-refractivity contribution in [1.29, 1.82) is 10.5 Å². The van der Waals surface area contributed by atoms with Gasteiger partial charge in [0.25, 0.3) is 0 Å². The Balaban J connectivity index is 1.13. The molecule has 0 aromatic heterocycles. The van der Waals surface area contributed by atoms with Gasteiger partial charge in [-0.05, 0) is 109 Å². The van der Waals surface area contributed by atoms with Gasteiger partial charge < -0.3 is 0 Å². The Morgan fingerprint density at radius 1 is 0.239 bits per heavy atom. The van der Waals surface area contributed by atoms with Crippen LogP contribution in [-0.4, -0.2) is 0 Å². The number of nitrogens with zero attached hydrogens (tertiary/aromatic N) is 2. The van der Waals surface area contributed by atoms with Gasteiger partial charge in [0, 0.05) is 0 Å². The molecule has 0 aliphatic rings. The summed E-state index contributed by atoms with van der Waals surface area (Å²) in [6.45, 7) is 0. The summed E-state index contributed by atoms with van der Waals surface area (Å²) >= 11 is 0. The van der Waals surface area contributed by atoms with E-state index in [-0.39, 0.29) is 0 Å². The first-order valence-electron chi connectivity index (χ1n) is 15.2. The highest BCUT2D eigenvalue weighted by atomic mass is 14.2. The third-order valence-electron chi connectivity index (χ3n) is 8.34. The Kier molecular flexibility index (Phi) is 7.77. The molecule has 2 nitrogen and oxygen atoms in total. The zero-order valence-electron chi connectivity index (χ0n) is 25.1. The van der Waals surface area contributed by atoms with E-state index in [1.807, 2.05) is 54.6 Å². The number of benzene rings is 7. The molecule has 0 spiro atoms. The van der Waals surface area contributed by atoms with Crippen molar-refractivity contribution < 1.29 is 0 Å². The Morgan fingerprint density at radius 3 is 0.978 bits per heavy atom. The lowest BCUT2D eigenvalue weighted by Crippen LogP contribution is -1.86. The van der Waals surface area contributed by atoms with Crippen LogP contribution in [0, 0.1) is 22.7 Å². The van der Waals surface area contributed by atoms with E-state index in [4.69, 9.17) is 5.26 Å². The number of nitriles is 2. The van der Waals surface area contributed by atoms with Crippen LogP contribution in [0.5, 0.6) is 0 Å². The fourth-order valence-electron chi connectivity index (χ4n) is 5.86. The highest BCUT2D eigenvalue weighted by Crippen LogP contribution is 2.33. The topological polar surface area (TPSA) is 47.6 Å². The molecule has 214 valence electrons. The van der Waals surface area contributed by atoms with Crippen LogP contribution in [0.3, 0.4) is 0 Å². The summed E-state index contributed by atoms with van der Waals surface area (Å²) in [5.74, 6) is 0. The molecule has 2 heteroatoms. The molecule has 0 atom stereocenters. The number of rotatable bonds is 6. The molecule has 0 N–H and O–H groups in total. The molecule has 7 aromatic carbocycles. The van der Waals surface area contributed by atoms with Crippen molar-refractivity contribution in [2.75, 3.05) is 0 Å². The third-order valence-corrected chi connectivity index (χ3v) is 8.34. The first-order valence-corrected chi connectivity index (χ1v) is 15.2. The molecule has 0 saturated carbocycles. The van der Waals surface area contributed by atoms with Crippen molar-refractivity contribution >= 4 is 0 Å². The van der Waals surface area contributed by atoms with E-state index in [0.29, 0.717) is 11.1 Å². The van der Waals surface area contributed by atoms with Gasteiger partial charge in [0.2, 0.25) is 0 Å². The second-order valence-electron chi connectivity index (χ2n) is 11.3.